The first-order valence-corrected chi connectivity index (χ1v) is 7.54. The Morgan fingerprint density at radius 1 is 1.37 bits per heavy atom. The van der Waals surface area contributed by atoms with Gasteiger partial charge in [0.15, 0.2) is 0 Å². The topological polar surface area (TPSA) is 41.1 Å². The molecule has 0 radical (unpaired) electrons. The third kappa shape index (κ3) is 2.82. The van der Waals surface area contributed by atoms with Gasteiger partial charge in [-0.05, 0) is 32.1 Å². The van der Waals surface area contributed by atoms with Crippen LogP contribution < -0.4 is 10.2 Å². The molecule has 2 heterocycles. The first-order valence-electron chi connectivity index (χ1n) is 7.54. The Hall–Kier alpha value is -1.32. The minimum absolute atomic E-state index is 0.434. The van der Waals surface area contributed by atoms with Gasteiger partial charge in [-0.3, -0.25) is 0 Å². The third-order valence-corrected chi connectivity index (χ3v) is 3.90. The van der Waals surface area contributed by atoms with Gasteiger partial charge in [-0.2, -0.15) is 0 Å². The Kier molecular flexibility index (Phi) is 4.61. The van der Waals surface area contributed by atoms with Crippen LogP contribution in [0, 0.1) is 0 Å². The van der Waals surface area contributed by atoms with Crippen molar-refractivity contribution in [3.63, 3.8) is 0 Å². The molecular weight excluding hydrogens is 236 g/mol. The molecule has 0 bridgehead atoms. The fourth-order valence-electron chi connectivity index (χ4n) is 2.99. The molecule has 19 heavy (non-hydrogen) atoms. The van der Waals surface area contributed by atoms with Crippen LogP contribution >= 0.6 is 0 Å². The monoisotopic (exact) mass is 262 g/mol. The van der Waals surface area contributed by atoms with Gasteiger partial charge >= 0.3 is 0 Å². The Labute approximate surface area is 116 Å². The number of rotatable bonds is 5. The molecule has 0 amide bonds. The Morgan fingerprint density at radius 2 is 2.16 bits per heavy atom. The van der Waals surface area contributed by atoms with E-state index in [1.54, 1.807) is 6.33 Å². The molecule has 0 saturated carbocycles. The van der Waals surface area contributed by atoms with Crippen LogP contribution in [-0.2, 0) is 0 Å². The van der Waals surface area contributed by atoms with Crippen molar-refractivity contribution in [1.29, 1.82) is 0 Å². The lowest BCUT2D eigenvalue weighted by atomic mass is 10.0. The van der Waals surface area contributed by atoms with Gasteiger partial charge in [-0.15, -0.1) is 0 Å². The van der Waals surface area contributed by atoms with Crippen LogP contribution in [0.1, 0.15) is 58.4 Å². The van der Waals surface area contributed by atoms with Crippen molar-refractivity contribution in [2.75, 3.05) is 23.3 Å². The molecule has 4 heteroatoms. The molecule has 2 rings (SSSR count). The first kappa shape index (κ1) is 14.1. The zero-order valence-electron chi connectivity index (χ0n) is 12.6. The summed E-state index contributed by atoms with van der Waals surface area (Å²) >= 11 is 0. The van der Waals surface area contributed by atoms with E-state index in [1.165, 1.54) is 24.8 Å². The van der Waals surface area contributed by atoms with E-state index in [-0.39, 0.29) is 0 Å². The highest BCUT2D eigenvalue weighted by Crippen LogP contribution is 2.35. The summed E-state index contributed by atoms with van der Waals surface area (Å²) in [6.07, 6.45) is 5.45. The predicted octanol–water partition coefficient (Wildman–Crippen LogP) is 3.41. The van der Waals surface area contributed by atoms with E-state index >= 15 is 0 Å². The highest BCUT2D eigenvalue weighted by atomic mass is 15.2. The molecule has 1 N–H and O–H groups in total. The van der Waals surface area contributed by atoms with Crippen molar-refractivity contribution < 1.29 is 0 Å². The van der Waals surface area contributed by atoms with Crippen molar-refractivity contribution >= 4 is 11.6 Å². The number of anilines is 2. The zero-order valence-corrected chi connectivity index (χ0v) is 12.6. The molecule has 1 aliphatic rings. The molecule has 1 saturated heterocycles. The fraction of sp³-hybridized carbons (Fsp3) is 0.733. The van der Waals surface area contributed by atoms with Gasteiger partial charge < -0.3 is 10.2 Å². The summed E-state index contributed by atoms with van der Waals surface area (Å²) < 4.78 is 0. The smallest absolute Gasteiger partial charge is 0.137 e. The van der Waals surface area contributed by atoms with E-state index in [4.69, 9.17) is 0 Å². The van der Waals surface area contributed by atoms with Gasteiger partial charge in [0.2, 0.25) is 0 Å². The van der Waals surface area contributed by atoms with Crippen LogP contribution in [0.25, 0.3) is 0 Å². The Morgan fingerprint density at radius 3 is 2.79 bits per heavy atom. The largest absolute Gasteiger partial charge is 0.370 e. The van der Waals surface area contributed by atoms with Gasteiger partial charge in [-0.25, -0.2) is 9.97 Å². The quantitative estimate of drug-likeness (QED) is 0.883. The molecule has 1 unspecified atom stereocenters. The molecule has 0 aliphatic carbocycles. The molecule has 106 valence electrons. The lowest BCUT2D eigenvalue weighted by molar-refractivity contribution is 0.635. The molecule has 1 aliphatic heterocycles. The normalized spacial score (nSPS) is 19.2. The van der Waals surface area contributed by atoms with Crippen LogP contribution in [0.4, 0.5) is 11.6 Å². The SMILES string of the molecule is CCNc1ncnc(N2CCCC2CC)c1C(C)C. The van der Waals surface area contributed by atoms with Crippen molar-refractivity contribution in [2.24, 2.45) is 0 Å². The van der Waals surface area contributed by atoms with E-state index in [2.05, 4.69) is 47.9 Å². The molecule has 0 aromatic carbocycles. The highest BCUT2D eigenvalue weighted by molar-refractivity contribution is 5.61. The van der Waals surface area contributed by atoms with Crippen LogP contribution in [-0.4, -0.2) is 29.1 Å². The molecule has 1 aromatic rings. The summed E-state index contributed by atoms with van der Waals surface area (Å²) in [5, 5.41) is 3.38. The number of hydrogen-bond acceptors (Lipinski definition) is 4. The van der Waals surface area contributed by atoms with Gasteiger partial charge in [0, 0.05) is 24.7 Å². The maximum Gasteiger partial charge on any atom is 0.137 e. The summed E-state index contributed by atoms with van der Waals surface area (Å²) in [6.45, 7) is 10.8. The number of nitrogens with one attached hydrogen (secondary N) is 1. The van der Waals surface area contributed by atoms with E-state index in [1.807, 2.05) is 0 Å². The predicted molar refractivity (Wildman–Crippen MR) is 80.9 cm³/mol. The average Bonchev–Trinajstić information content (AvgIpc) is 2.86. The van der Waals surface area contributed by atoms with Crippen molar-refractivity contribution in [3.05, 3.63) is 11.9 Å². The number of hydrogen-bond donors (Lipinski definition) is 1. The second kappa shape index (κ2) is 6.22. The third-order valence-electron chi connectivity index (χ3n) is 3.90. The first-order chi connectivity index (χ1) is 9.19. The summed E-state index contributed by atoms with van der Waals surface area (Å²) in [5.41, 5.74) is 1.27. The average molecular weight is 262 g/mol. The van der Waals surface area contributed by atoms with E-state index in [0.29, 0.717) is 12.0 Å². The lowest BCUT2D eigenvalue weighted by Crippen LogP contribution is -2.31. The molecule has 4 nitrogen and oxygen atoms in total. The van der Waals surface area contributed by atoms with E-state index < -0.39 is 0 Å². The maximum absolute atomic E-state index is 4.60. The zero-order chi connectivity index (χ0) is 13.8. The highest BCUT2D eigenvalue weighted by Gasteiger charge is 2.28. The van der Waals surface area contributed by atoms with Crippen molar-refractivity contribution in [1.82, 2.24) is 9.97 Å². The molecule has 1 aromatic heterocycles. The Balaban J connectivity index is 2.41. The second-order valence-electron chi connectivity index (χ2n) is 5.54. The summed E-state index contributed by atoms with van der Waals surface area (Å²) in [7, 11) is 0. The van der Waals surface area contributed by atoms with Crippen LogP contribution in [0.2, 0.25) is 0 Å². The summed E-state index contributed by atoms with van der Waals surface area (Å²) in [6, 6.07) is 0.641. The van der Waals surface area contributed by atoms with Crippen LogP contribution in [0.5, 0.6) is 0 Å². The van der Waals surface area contributed by atoms with Crippen molar-refractivity contribution in [2.45, 2.75) is 58.9 Å². The summed E-state index contributed by atoms with van der Waals surface area (Å²) in [4.78, 5) is 11.5. The summed E-state index contributed by atoms with van der Waals surface area (Å²) in [5.74, 6) is 2.58. The molecule has 1 fully saturated rings. The van der Waals surface area contributed by atoms with Crippen molar-refractivity contribution in [3.8, 4) is 0 Å². The van der Waals surface area contributed by atoms with Crippen LogP contribution in [0.3, 0.4) is 0 Å². The fourth-order valence-corrected chi connectivity index (χ4v) is 2.99. The standard InChI is InChI=1S/C15H26N4/c1-5-12-8-7-9-19(12)15-13(11(3)4)14(16-6-2)17-10-18-15/h10-12H,5-9H2,1-4H3,(H,16,17,18). The van der Waals surface area contributed by atoms with Gasteiger partial charge in [-0.1, -0.05) is 20.8 Å². The van der Waals surface area contributed by atoms with Gasteiger partial charge in [0.1, 0.15) is 18.0 Å². The Bertz CT molecular complexity index is 417. The number of nitrogens with zero attached hydrogens (tertiary/aromatic N) is 3. The molecular formula is C15H26N4. The minimum atomic E-state index is 0.434. The van der Waals surface area contributed by atoms with E-state index in [0.717, 1.165) is 24.7 Å². The number of aromatic nitrogens is 2. The minimum Gasteiger partial charge on any atom is -0.370 e. The molecule has 1 atom stereocenters. The lowest BCUT2D eigenvalue weighted by Gasteiger charge is -2.28. The maximum atomic E-state index is 4.60. The van der Waals surface area contributed by atoms with E-state index in [9.17, 15) is 0 Å². The van der Waals surface area contributed by atoms with Gasteiger partial charge in [0.25, 0.3) is 0 Å². The molecule has 0 spiro atoms. The van der Waals surface area contributed by atoms with Gasteiger partial charge in [0.05, 0.1) is 0 Å². The second-order valence-corrected chi connectivity index (χ2v) is 5.54. The van der Waals surface area contributed by atoms with Crippen LogP contribution in [0.15, 0.2) is 6.33 Å².